The summed E-state index contributed by atoms with van der Waals surface area (Å²) in [5, 5.41) is 0.845. The summed E-state index contributed by atoms with van der Waals surface area (Å²) in [6.07, 6.45) is 6.36. The minimum Gasteiger partial charge on any atom is -0.223 e. The highest BCUT2D eigenvalue weighted by Crippen LogP contribution is 2.38. The van der Waals surface area contributed by atoms with E-state index in [2.05, 4.69) is 68.5 Å². The van der Waals surface area contributed by atoms with Crippen LogP contribution in [0.4, 0.5) is 0 Å². The second kappa shape index (κ2) is 7.08. The molecule has 1 aliphatic rings. The van der Waals surface area contributed by atoms with Gasteiger partial charge >= 0.3 is 0 Å². The van der Waals surface area contributed by atoms with Gasteiger partial charge in [0.2, 0.25) is 0 Å². The fourth-order valence-corrected chi connectivity index (χ4v) is 3.93. The number of nitrogens with zero attached hydrogens (tertiary/aromatic N) is 2. The lowest BCUT2D eigenvalue weighted by Crippen LogP contribution is -1.99. The summed E-state index contributed by atoms with van der Waals surface area (Å²) in [5.41, 5.74) is 9.80. The van der Waals surface area contributed by atoms with Crippen LogP contribution in [-0.4, -0.2) is 16.2 Å². The topological polar surface area (TPSA) is 25.8 Å². The molecule has 130 valence electrons. The van der Waals surface area contributed by atoms with Gasteiger partial charge in [0.05, 0.1) is 11.4 Å². The van der Waals surface area contributed by atoms with E-state index in [1.165, 1.54) is 33.4 Å². The molecule has 3 aromatic rings. The van der Waals surface area contributed by atoms with Crippen LogP contribution in [0.5, 0.6) is 0 Å². The third kappa shape index (κ3) is 3.32. The molecule has 2 nitrogen and oxygen atoms in total. The molecule has 1 aliphatic carbocycles. The first kappa shape index (κ1) is 17.0. The summed E-state index contributed by atoms with van der Waals surface area (Å²) in [4.78, 5) is 9.72. The molecule has 2 aromatic carbocycles. The van der Waals surface area contributed by atoms with Crippen molar-refractivity contribution in [1.82, 2.24) is 9.97 Å². The molecule has 1 aromatic heterocycles. The van der Waals surface area contributed by atoms with E-state index < -0.39 is 0 Å². The molecule has 0 atom stereocenters. The maximum atomic E-state index is 4.86. The molecule has 0 amide bonds. The van der Waals surface area contributed by atoms with Gasteiger partial charge < -0.3 is 0 Å². The molecule has 0 saturated carbocycles. The van der Waals surface area contributed by atoms with Crippen LogP contribution in [0.15, 0.2) is 53.7 Å². The van der Waals surface area contributed by atoms with Gasteiger partial charge in [-0.25, -0.2) is 9.97 Å². The van der Waals surface area contributed by atoms with Crippen molar-refractivity contribution in [1.29, 1.82) is 0 Å². The molecule has 0 N–H and O–H groups in total. The molecule has 0 unspecified atom stereocenters. The molecule has 26 heavy (non-hydrogen) atoms. The van der Waals surface area contributed by atoms with Gasteiger partial charge in [0.15, 0.2) is 5.16 Å². The zero-order chi connectivity index (χ0) is 18.1. The summed E-state index contributed by atoms with van der Waals surface area (Å²) in [6.45, 7) is 4.26. The molecule has 4 rings (SSSR count). The SMILES string of the molecule is CSc1nc2c(c(-c3cccc(C)c3)n1)CC/C2=C\c1cccc(C)c1. The molecule has 0 radical (unpaired) electrons. The summed E-state index contributed by atoms with van der Waals surface area (Å²) >= 11 is 1.61. The number of fused-ring (bicyclic) bond motifs is 1. The largest absolute Gasteiger partial charge is 0.223 e. The molecule has 3 heteroatoms. The zero-order valence-corrected chi connectivity index (χ0v) is 16.2. The van der Waals surface area contributed by atoms with Gasteiger partial charge in [0.1, 0.15) is 0 Å². The van der Waals surface area contributed by atoms with Gasteiger partial charge in [0.25, 0.3) is 0 Å². The van der Waals surface area contributed by atoms with Gasteiger partial charge in [0, 0.05) is 11.1 Å². The molecule has 0 bridgehead atoms. The van der Waals surface area contributed by atoms with E-state index in [-0.39, 0.29) is 0 Å². The minimum absolute atomic E-state index is 0.845. The van der Waals surface area contributed by atoms with Crippen LogP contribution in [-0.2, 0) is 6.42 Å². The van der Waals surface area contributed by atoms with E-state index in [4.69, 9.17) is 9.97 Å². The number of rotatable bonds is 3. The van der Waals surface area contributed by atoms with Crippen LogP contribution in [0.2, 0.25) is 0 Å². The Balaban J connectivity index is 1.85. The number of aryl methyl sites for hydroxylation is 2. The predicted octanol–water partition coefficient (Wildman–Crippen LogP) is 5.97. The van der Waals surface area contributed by atoms with Crippen LogP contribution in [0.3, 0.4) is 0 Å². The number of thioether (sulfide) groups is 1. The van der Waals surface area contributed by atoms with Crippen molar-refractivity contribution in [2.45, 2.75) is 31.8 Å². The highest BCUT2D eigenvalue weighted by atomic mass is 32.2. The Kier molecular flexibility index (Phi) is 4.64. The zero-order valence-electron chi connectivity index (χ0n) is 15.4. The average molecular weight is 359 g/mol. The van der Waals surface area contributed by atoms with Crippen molar-refractivity contribution >= 4 is 23.4 Å². The third-order valence-electron chi connectivity index (χ3n) is 4.79. The number of benzene rings is 2. The molecule has 0 aliphatic heterocycles. The smallest absolute Gasteiger partial charge is 0.188 e. The lowest BCUT2D eigenvalue weighted by atomic mass is 10.0. The molecule has 0 saturated heterocycles. The fraction of sp³-hybridized carbons (Fsp3) is 0.217. The average Bonchev–Trinajstić information content (AvgIpc) is 3.03. The lowest BCUT2D eigenvalue weighted by Gasteiger charge is -2.10. The first-order valence-electron chi connectivity index (χ1n) is 8.93. The molecule has 0 spiro atoms. The Hall–Kier alpha value is -2.39. The van der Waals surface area contributed by atoms with Gasteiger partial charge in [-0.15, -0.1) is 0 Å². The first-order valence-corrected chi connectivity index (χ1v) is 10.2. The minimum atomic E-state index is 0.845. The molecular weight excluding hydrogens is 336 g/mol. The molecule has 0 fully saturated rings. The number of allylic oxidation sites excluding steroid dienone is 1. The third-order valence-corrected chi connectivity index (χ3v) is 5.34. The van der Waals surface area contributed by atoms with Gasteiger partial charge in [-0.1, -0.05) is 65.4 Å². The van der Waals surface area contributed by atoms with E-state index >= 15 is 0 Å². The van der Waals surface area contributed by atoms with Crippen LogP contribution in [0, 0.1) is 13.8 Å². The van der Waals surface area contributed by atoms with E-state index in [9.17, 15) is 0 Å². The van der Waals surface area contributed by atoms with Crippen molar-refractivity contribution in [2.24, 2.45) is 0 Å². The van der Waals surface area contributed by atoms with E-state index in [1.807, 2.05) is 6.26 Å². The summed E-state index contributed by atoms with van der Waals surface area (Å²) < 4.78 is 0. The molecular formula is C23H22N2S. The fourth-order valence-electron chi connectivity index (χ4n) is 3.57. The maximum Gasteiger partial charge on any atom is 0.188 e. The summed E-state index contributed by atoms with van der Waals surface area (Å²) in [6, 6.07) is 17.2. The van der Waals surface area contributed by atoms with Gasteiger partial charge in [-0.3, -0.25) is 0 Å². The summed E-state index contributed by atoms with van der Waals surface area (Å²) in [7, 11) is 0. The van der Waals surface area contributed by atoms with E-state index in [1.54, 1.807) is 11.8 Å². The Morgan fingerprint density at radius 1 is 0.885 bits per heavy atom. The predicted molar refractivity (Wildman–Crippen MR) is 111 cm³/mol. The van der Waals surface area contributed by atoms with Crippen LogP contribution < -0.4 is 0 Å². The Morgan fingerprint density at radius 3 is 2.35 bits per heavy atom. The summed E-state index contributed by atoms with van der Waals surface area (Å²) in [5.74, 6) is 0. The van der Waals surface area contributed by atoms with E-state index in [0.29, 0.717) is 0 Å². The van der Waals surface area contributed by atoms with Gasteiger partial charge in [-0.2, -0.15) is 0 Å². The maximum absolute atomic E-state index is 4.86. The Bertz CT molecular complexity index is 1000. The normalized spacial score (nSPS) is 14.7. The van der Waals surface area contributed by atoms with Crippen LogP contribution >= 0.6 is 11.8 Å². The number of hydrogen-bond acceptors (Lipinski definition) is 3. The Labute approximate surface area is 159 Å². The van der Waals surface area contributed by atoms with Gasteiger partial charge in [-0.05, 0) is 56.2 Å². The van der Waals surface area contributed by atoms with Crippen LogP contribution in [0.25, 0.3) is 22.9 Å². The highest BCUT2D eigenvalue weighted by molar-refractivity contribution is 7.98. The van der Waals surface area contributed by atoms with E-state index in [0.717, 1.165) is 29.4 Å². The van der Waals surface area contributed by atoms with Crippen LogP contribution in [0.1, 0.15) is 34.4 Å². The number of aromatic nitrogens is 2. The van der Waals surface area contributed by atoms with Crippen molar-refractivity contribution < 1.29 is 0 Å². The lowest BCUT2D eigenvalue weighted by molar-refractivity contribution is 0.942. The Morgan fingerprint density at radius 2 is 1.62 bits per heavy atom. The van der Waals surface area contributed by atoms with Crippen molar-refractivity contribution in [3.05, 3.63) is 76.5 Å². The second-order valence-electron chi connectivity index (χ2n) is 6.84. The highest BCUT2D eigenvalue weighted by Gasteiger charge is 2.24. The second-order valence-corrected chi connectivity index (χ2v) is 7.61. The van der Waals surface area contributed by atoms with Crippen molar-refractivity contribution in [3.63, 3.8) is 0 Å². The monoisotopic (exact) mass is 358 g/mol. The van der Waals surface area contributed by atoms with Crippen molar-refractivity contribution in [3.8, 4) is 11.3 Å². The quantitative estimate of drug-likeness (QED) is 0.426. The standard InChI is InChI=1S/C23H22N2S/c1-15-6-4-8-17(12-15)14-19-10-11-20-21(18-9-5-7-16(2)13-18)24-23(26-3)25-22(19)20/h4-9,12-14H,10-11H2,1-3H3/b19-14+. The first-order chi connectivity index (χ1) is 12.6. The van der Waals surface area contributed by atoms with Crippen molar-refractivity contribution in [2.75, 3.05) is 6.26 Å². The molecule has 1 heterocycles. The number of hydrogen-bond donors (Lipinski definition) is 0.